The molecule has 5 heteroatoms. The summed E-state index contributed by atoms with van der Waals surface area (Å²) in [5, 5.41) is 0. The topological polar surface area (TPSA) is 57.4 Å². The van der Waals surface area contributed by atoms with E-state index in [-0.39, 0.29) is 6.10 Å². The summed E-state index contributed by atoms with van der Waals surface area (Å²) in [6, 6.07) is 2.75. The van der Waals surface area contributed by atoms with E-state index in [2.05, 4.69) is 4.98 Å². The number of pyridine rings is 1. The van der Waals surface area contributed by atoms with E-state index in [1.54, 1.807) is 0 Å². The van der Waals surface area contributed by atoms with Crippen molar-refractivity contribution in [3.8, 4) is 5.88 Å². The normalized spacial score (nSPS) is 12.5. The van der Waals surface area contributed by atoms with Gasteiger partial charge in [-0.2, -0.15) is 0 Å². The maximum absolute atomic E-state index is 12.5. The largest absolute Gasteiger partial charge is 0.471 e. The van der Waals surface area contributed by atoms with Crippen LogP contribution in [0.15, 0.2) is 18.3 Å². The van der Waals surface area contributed by atoms with Crippen molar-refractivity contribution in [2.75, 3.05) is 19.8 Å². The van der Waals surface area contributed by atoms with E-state index < -0.39 is 5.82 Å². The molecular formula is C10H15FN2O2. The Morgan fingerprint density at radius 3 is 2.87 bits per heavy atom. The first-order valence-corrected chi connectivity index (χ1v) is 4.82. The molecule has 0 amide bonds. The summed E-state index contributed by atoms with van der Waals surface area (Å²) in [5.74, 6) is -0.0389. The van der Waals surface area contributed by atoms with E-state index >= 15 is 0 Å². The Morgan fingerprint density at radius 1 is 1.53 bits per heavy atom. The van der Waals surface area contributed by atoms with Gasteiger partial charge in [-0.3, -0.25) is 0 Å². The lowest BCUT2D eigenvalue weighted by Gasteiger charge is -2.15. The molecule has 0 aliphatic heterocycles. The number of aromatic nitrogens is 1. The average molecular weight is 214 g/mol. The van der Waals surface area contributed by atoms with Crippen LogP contribution in [0.3, 0.4) is 0 Å². The van der Waals surface area contributed by atoms with Gasteiger partial charge in [-0.25, -0.2) is 9.37 Å². The number of halogens is 1. The fourth-order valence-electron chi connectivity index (χ4n) is 1.00. The van der Waals surface area contributed by atoms with Gasteiger partial charge in [-0.05, 0) is 13.0 Å². The molecule has 0 aliphatic rings. The molecule has 1 heterocycles. The standard InChI is InChI=1S/C10H15FN2O2/c1-2-14-7-9(5-12)15-10-4-3-8(11)6-13-10/h3-4,6,9H,2,5,7,12H2,1H3/t9-/m0/s1. The highest BCUT2D eigenvalue weighted by atomic mass is 19.1. The molecule has 0 saturated carbocycles. The van der Waals surface area contributed by atoms with Crippen LogP contribution in [0, 0.1) is 5.82 Å². The third kappa shape index (κ3) is 4.22. The zero-order chi connectivity index (χ0) is 11.1. The van der Waals surface area contributed by atoms with Crippen LogP contribution in [-0.4, -0.2) is 30.8 Å². The minimum atomic E-state index is -0.392. The lowest BCUT2D eigenvalue weighted by Crippen LogP contribution is -2.31. The molecule has 0 fully saturated rings. The molecule has 1 atom stereocenters. The van der Waals surface area contributed by atoms with Crippen LogP contribution >= 0.6 is 0 Å². The number of rotatable bonds is 6. The highest BCUT2D eigenvalue weighted by molar-refractivity contribution is 5.11. The van der Waals surface area contributed by atoms with Crippen LogP contribution in [0.4, 0.5) is 4.39 Å². The van der Waals surface area contributed by atoms with Gasteiger partial charge < -0.3 is 15.2 Å². The summed E-state index contributed by atoms with van der Waals surface area (Å²) in [6.45, 7) is 3.24. The summed E-state index contributed by atoms with van der Waals surface area (Å²) in [4.78, 5) is 3.77. The molecule has 0 radical (unpaired) electrons. The predicted octanol–water partition coefficient (Wildman–Crippen LogP) is 0.963. The molecule has 1 aromatic heterocycles. The van der Waals surface area contributed by atoms with E-state index in [0.29, 0.717) is 25.6 Å². The van der Waals surface area contributed by atoms with Gasteiger partial charge in [0.15, 0.2) is 0 Å². The highest BCUT2D eigenvalue weighted by Crippen LogP contribution is 2.08. The molecule has 4 nitrogen and oxygen atoms in total. The molecule has 84 valence electrons. The first-order valence-electron chi connectivity index (χ1n) is 4.82. The van der Waals surface area contributed by atoms with E-state index in [4.69, 9.17) is 15.2 Å². The summed E-state index contributed by atoms with van der Waals surface area (Å²) in [5.41, 5.74) is 5.48. The van der Waals surface area contributed by atoms with Gasteiger partial charge in [0, 0.05) is 19.2 Å². The van der Waals surface area contributed by atoms with Crippen LogP contribution < -0.4 is 10.5 Å². The quantitative estimate of drug-likeness (QED) is 0.766. The molecule has 0 aliphatic carbocycles. The van der Waals surface area contributed by atoms with Crippen molar-refractivity contribution in [2.24, 2.45) is 5.73 Å². The van der Waals surface area contributed by atoms with Crippen LogP contribution in [0.25, 0.3) is 0 Å². The van der Waals surface area contributed by atoms with Crippen LogP contribution in [0.1, 0.15) is 6.92 Å². The van der Waals surface area contributed by atoms with E-state index in [1.807, 2.05) is 6.92 Å². The number of hydrogen-bond acceptors (Lipinski definition) is 4. The third-order valence-electron chi connectivity index (χ3n) is 1.76. The molecule has 0 saturated heterocycles. The SMILES string of the molecule is CCOC[C@H](CN)Oc1ccc(F)cn1. The maximum Gasteiger partial charge on any atom is 0.213 e. The minimum absolute atomic E-state index is 0.247. The van der Waals surface area contributed by atoms with Gasteiger partial charge in [0.25, 0.3) is 0 Å². The van der Waals surface area contributed by atoms with Crippen LogP contribution in [0.5, 0.6) is 5.88 Å². The number of nitrogens with zero attached hydrogens (tertiary/aromatic N) is 1. The fourth-order valence-corrected chi connectivity index (χ4v) is 1.00. The van der Waals surface area contributed by atoms with Gasteiger partial charge >= 0.3 is 0 Å². The summed E-state index contributed by atoms with van der Waals surface area (Å²) in [7, 11) is 0. The number of nitrogens with two attached hydrogens (primary N) is 1. The van der Waals surface area contributed by atoms with Crippen molar-refractivity contribution >= 4 is 0 Å². The fraction of sp³-hybridized carbons (Fsp3) is 0.500. The molecule has 1 aromatic rings. The molecule has 0 bridgehead atoms. The van der Waals surface area contributed by atoms with Crippen molar-refractivity contribution in [1.82, 2.24) is 4.98 Å². The van der Waals surface area contributed by atoms with Crippen molar-refractivity contribution < 1.29 is 13.9 Å². The highest BCUT2D eigenvalue weighted by Gasteiger charge is 2.08. The second-order valence-corrected chi connectivity index (χ2v) is 2.95. The van der Waals surface area contributed by atoms with Crippen molar-refractivity contribution in [1.29, 1.82) is 0 Å². The lowest BCUT2D eigenvalue weighted by atomic mass is 10.4. The minimum Gasteiger partial charge on any atom is -0.471 e. The zero-order valence-corrected chi connectivity index (χ0v) is 8.65. The summed E-state index contributed by atoms with van der Waals surface area (Å²) in [6.07, 6.45) is 0.853. The Morgan fingerprint density at radius 2 is 2.33 bits per heavy atom. The lowest BCUT2D eigenvalue weighted by molar-refractivity contribution is 0.0584. The van der Waals surface area contributed by atoms with Gasteiger partial charge in [-0.15, -0.1) is 0 Å². The molecule has 1 rings (SSSR count). The zero-order valence-electron chi connectivity index (χ0n) is 8.65. The molecular weight excluding hydrogens is 199 g/mol. The Labute approximate surface area is 88.2 Å². The Hall–Kier alpha value is -1.20. The average Bonchev–Trinajstić information content (AvgIpc) is 2.27. The first kappa shape index (κ1) is 11.9. The summed E-state index contributed by atoms with van der Waals surface area (Å²) >= 11 is 0. The smallest absolute Gasteiger partial charge is 0.213 e. The summed E-state index contributed by atoms with van der Waals surface area (Å²) < 4.78 is 23.1. The second-order valence-electron chi connectivity index (χ2n) is 2.95. The van der Waals surface area contributed by atoms with E-state index in [1.165, 1.54) is 12.1 Å². The van der Waals surface area contributed by atoms with Crippen molar-refractivity contribution in [3.63, 3.8) is 0 Å². The third-order valence-corrected chi connectivity index (χ3v) is 1.76. The van der Waals surface area contributed by atoms with Gasteiger partial charge in [0.2, 0.25) is 5.88 Å². The van der Waals surface area contributed by atoms with E-state index in [0.717, 1.165) is 6.20 Å². The molecule has 2 N–H and O–H groups in total. The number of ether oxygens (including phenoxy) is 2. The molecule has 0 aromatic carbocycles. The van der Waals surface area contributed by atoms with Crippen LogP contribution in [0.2, 0.25) is 0 Å². The second kappa shape index (κ2) is 6.31. The van der Waals surface area contributed by atoms with Crippen LogP contribution in [-0.2, 0) is 4.74 Å². The molecule has 0 unspecified atom stereocenters. The molecule has 15 heavy (non-hydrogen) atoms. The Kier molecular flexibility index (Phi) is 5.00. The van der Waals surface area contributed by atoms with Gasteiger partial charge in [-0.1, -0.05) is 0 Å². The monoisotopic (exact) mass is 214 g/mol. The predicted molar refractivity (Wildman–Crippen MR) is 54.2 cm³/mol. The van der Waals surface area contributed by atoms with Crippen molar-refractivity contribution in [2.45, 2.75) is 13.0 Å². The first-order chi connectivity index (χ1) is 7.26. The van der Waals surface area contributed by atoms with Gasteiger partial charge in [0.05, 0.1) is 12.8 Å². The molecule has 0 spiro atoms. The maximum atomic E-state index is 12.5. The number of hydrogen-bond donors (Lipinski definition) is 1. The van der Waals surface area contributed by atoms with Crippen molar-refractivity contribution in [3.05, 3.63) is 24.1 Å². The Bertz CT molecular complexity index is 279. The van der Waals surface area contributed by atoms with E-state index in [9.17, 15) is 4.39 Å². The Balaban J connectivity index is 2.47. The van der Waals surface area contributed by atoms with Gasteiger partial charge in [0.1, 0.15) is 11.9 Å².